The molecule has 1 aliphatic rings. The monoisotopic (exact) mass is 375 g/mol. The average molecular weight is 375 g/mol. The van der Waals surface area contributed by atoms with Gasteiger partial charge in [0, 0.05) is 19.2 Å². The summed E-state index contributed by atoms with van der Waals surface area (Å²) in [5.41, 5.74) is 0.833. The molecule has 0 spiro atoms. The highest BCUT2D eigenvalue weighted by molar-refractivity contribution is 7.91. The second-order valence-corrected chi connectivity index (χ2v) is 8.47. The van der Waals surface area contributed by atoms with Crippen molar-refractivity contribution in [1.29, 1.82) is 0 Å². The van der Waals surface area contributed by atoms with Crippen LogP contribution in [0.5, 0.6) is 0 Å². The molecule has 1 saturated heterocycles. The molecule has 0 aromatic carbocycles. The Morgan fingerprint density at radius 2 is 2.08 bits per heavy atom. The number of furan rings is 2. The summed E-state index contributed by atoms with van der Waals surface area (Å²) in [5.74, 6) is 0.536. The van der Waals surface area contributed by atoms with E-state index >= 15 is 0 Å². The summed E-state index contributed by atoms with van der Waals surface area (Å²) in [6, 6.07) is 8.39. The summed E-state index contributed by atoms with van der Waals surface area (Å²) in [4.78, 5) is 14.1. The standard InChI is InChI=1S/C17H17N3O5S/c21-17(15-9-14(18-19-15)16-4-2-8-25-16)20-6-5-13(10-20)26(22,23)11-12-3-1-7-24-12/h1-4,7-9,13H,5-6,10-11H2,(H,18,19). The van der Waals surface area contributed by atoms with E-state index in [0.717, 1.165) is 0 Å². The van der Waals surface area contributed by atoms with E-state index in [1.54, 1.807) is 30.3 Å². The van der Waals surface area contributed by atoms with Crippen LogP contribution in [0.15, 0.2) is 51.7 Å². The molecular weight excluding hydrogens is 358 g/mol. The molecule has 0 saturated carbocycles. The number of sulfone groups is 1. The summed E-state index contributed by atoms with van der Waals surface area (Å²) < 4.78 is 35.5. The van der Waals surface area contributed by atoms with Gasteiger partial charge in [-0.25, -0.2) is 8.42 Å². The third kappa shape index (κ3) is 3.17. The molecule has 3 aromatic rings. The van der Waals surface area contributed by atoms with Crippen LogP contribution in [0.2, 0.25) is 0 Å². The largest absolute Gasteiger partial charge is 0.468 e. The van der Waals surface area contributed by atoms with E-state index < -0.39 is 15.1 Å². The summed E-state index contributed by atoms with van der Waals surface area (Å²) in [5, 5.41) is 6.19. The lowest BCUT2D eigenvalue weighted by atomic mass is 10.3. The number of hydrogen-bond acceptors (Lipinski definition) is 6. The van der Waals surface area contributed by atoms with Crippen molar-refractivity contribution in [3.8, 4) is 11.5 Å². The summed E-state index contributed by atoms with van der Waals surface area (Å²) in [6.07, 6.45) is 3.39. The molecule has 1 unspecified atom stereocenters. The summed E-state index contributed by atoms with van der Waals surface area (Å²) in [6.45, 7) is 0.536. The fourth-order valence-electron chi connectivity index (χ4n) is 3.07. The zero-order valence-electron chi connectivity index (χ0n) is 13.8. The molecular formula is C17H17N3O5S. The van der Waals surface area contributed by atoms with Crippen molar-refractivity contribution in [3.63, 3.8) is 0 Å². The maximum Gasteiger partial charge on any atom is 0.274 e. The van der Waals surface area contributed by atoms with Crippen LogP contribution in [0.25, 0.3) is 11.5 Å². The molecule has 136 valence electrons. The fourth-order valence-corrected chi connectivity index (χ4v) is 4.74. The first-order chi connectivity index (χ1) is 12.5. The molecule has 1 aliphatic heterocycles. The van der Waals surface area contributed by atoms with Crippen molar-refractivity contribution >= 4 is 15.7 Å². The number of nitrogens with one attached hydrogen (secondary N) is 1. The predicted octanol–water partition coefficient (Wildman–Crippen LogP) is 2.09. The molecule has 1 N–H and O–H groups in total. The van der Waals surface area contributed by atoms with Gasteiger partial charge in [0.15, 0.2) is 21.3 Å². The van der Waals surface area contributed by atoms with Crippen molar-refractivity contribution in [2.24, 2.45) is 0 Å². The molecule has 3 aromatic heterocycles. The second kappa shape index (κ2) is 6.49. The van der Waals surface area contributed by atoms with Crippen molar-refractivity contribution in [2.45, 2.75) is 17.4 Å². The lowest BCUT2D eigenvalue weighted by Crippen LogP contribution is -2.32. The Hall–Kier alpha value is -2.81. The molecule has 9 heteroatoms. The van der Waals surface area contributed by atoms with Gasteiger partial charge in [-0.1, -0.05) is 0 Å². The highest BCUT2D eigenvalue weighted by atomic mass is 32.2. The highest BCUT2D eigenvalue weighted by Gasteiger charge is 2.36. The third-order valence-corrected chi connectivity index (χ3v) is 6.53. The normalized spacial score (nSPS) is 17.7. The summed E-state index contributed by atoms with van der Waals surface area (Å²) in [7, 11) is -3.39. The van der Waals surface area contributed by atoms with Crippen molar-refractivity contribution in [2.75, 3.05) is 13.1 Å². The van der Waals surface area contributed by atoms with Crippen LogP contribution < -0.4 is 0 Å². The first-order valence-corrected chi connectivity index (χ1v) is 9.87. The van der Waals surface area contributed by atoms with Gasteiger partial charge in [0.2, 0.25) is 0 Å². The SMILES string of the molecule is O=C(c1cc(-c2ccco2)[nH]n1)N1CCC(S(=O)(=O)Cc2ccco2)C1. The Labute approximate surface area is 149 Å². The first kappa shape index (κ1) is 16.6. The Balaban J connectivity index is 1.44. The van der Waals surface area contributed by atoms with E-state index in [0.29, 0.717) is 30.2 Å². The number of rotatable bonds is 5. The van der Waals surface area contributed by atoms with Crippen LogP contribution >= 0.6 is 0 Å². The van der Waals surface area contributed by atoms with Gasteiger partial charge in [0.05, 0.1) is 17.8 Å². The molecule has 4 heterocycles. The van der Waals surface area contributed by atoms with Gasteiger partial charge in [0.25, 0.3) is 5.91 Å². The van der Waals surface area contributed by atoms with Gasteiger partial charge in [-0.3, -0.25) is 9.89 Å². The quantitative estimate of drug-likeness (QED) is 0.731. The lowest BCUT2D eigenvalue weighted by molar-refractivity contribution is 0.0787. The molecule has 1 fully saturated rings. The van der Waals surface area contributed by atoms with E-state index in [1.807, 2.05) is 0 Å². The van der Waals surface area contributed by atoms with Gasteiger partial charge in [-0.2, -0.15) is 5.10 Å². The number of aromatic amines is 1. The molecule has 0 aliphatic carbocycles. The van der Waals surface area contributed by atoms with Crippen LogP contribution in [-0.2, 0) is 15.6 Å². The first-order valence-electron chi connectivity index (χ1n) is 8.15. The molecule has 1 amide bonds. The molecule has 4 rings (SSSR count). The van der Waals surface area contributed by atoms with Crippen molar-refractivity contribution in [3.05, 3.63) is 54.3 Å². The number of amides is 1. The van der Waals surface area contributed by atoms with Gasteiger partial charge >= 0.3 is 0 Å². The molecule has 8 nitrogen and oxygen atoms in total. The lowest BCUT2D eigenvalue weighted by Gasteiger charge is -2.15. The highest BCUT2D eigenvalue weighted by Crippen LogP contribution is 2.24. The Kier molecular flexibility index (Phi) is 4.15. The average Bonchev–Trinajstić information content (AvgIpc) is 3.41. The molecule has 1 atom stereocenters. The number of likely N-dealkylation sites (tertiary alicyclic amines) is 1. The summed E-state index contributed by atoms with van der Waals surface area (Å²) >= 11 is 0. The Bertz CT molecular complexity index is 989. The van der Waals surface area contributed by atoms with Crippen LogP contribution in [0.3, 0.4) is 0 Å². The van der Waals surface area contributed by atoms with Gasteiger partial charge in [-0.15, -0.1) is 0 Å². The number of hydrogen-bond donors (Lipinski definition) is 1. The molecule has 0 bridgehead atoms. The minimum atomic E-state index is -3.39. The van der Waals surface area contributed by atoms with Crippen molar-refractivity contribution in [1.82, 2.24) is 15.1 Å². The number of nitrogens with zero attached hydrogens (tertiary/aromatic N) is 2. The maximum absolute atomic E-state index is 12.6. The minimum absolute atomic E-state index is 0.155. The van der Waals surface area contributed by atoms with E-state index in [9.17, 15) is 13.2 Å². The molecule has 26 heavy (non-hydrogen) atoms. The third-order valence-electron chi connectivity index (χ3n) is 4.45. The van der Waals surface area contributed by atoms with Gasteiger partial charge in [-0.05, 0) is 30.7 Å². The maximum atomic E-state index is 12.6. The number of carbonyl (C=O) groups excluding carboxylic acids is 1. The number of H-pyrrole nitrogens is 1. The van der Waals surface area contributed by atoms with Crippen LogP contribution in [0.4, 0.5) is 0 Å². The molecule has 0 radical (unpaired) electrons. The fraction of sp³-hybridized carbons (Fsp3) is 0.294. The van der Waals surface area contributed by atoms with Crippen LogP contribution in [0, 0.1) is 0 Å². The Morgan fingerprint density at radius 3 is 2.81 bits per heavy atom. The smallest absolute Gasteiger partial charge is 0.274 e. The number of carbonyl (C=O) groups is 1. The van der Waals surface area contributed by atoms with E-state index in [2.05, 4.69) is 10.2 Å². The second-order valence-electron chi connectivity index (χ2n) is 6.19. The zero-order chi connectivity index (χ0) is 18.1. The van der Waals surface area contributed by atoms with Gasteiger partial charge in [0.1, 0.15) is 17.2 Å². The topological polar surface area (TPSA) is 109 Å². The predicted molar refractivity (Wildman–Crippen MR) is 91.9 cm³/mol. The van der Waals surface area contributed by atoms with E-state index in [-0.39, 0.29) is 23.9 Å². The van der Waals surface area contributed by atoms with Crippen molar-refractivity contribution < 1.29 is 22.0 Å². The van der Waals surface area contributed by atoms with E-state index in [1.165, 1.54) is 17.4 Å². The van der Waals surface area contributed by atoms with Gasteiger partial charge < -0.3 is 13.7 Å². The minimum Gasteiger partial charge on any atom is -0.468 e. The van der Waals surface area contributed by atoms with Crippen LogP contribution in [0.1, 0.15) is 22.7 Å². The zero-order valence-corrected chi connectivity index (χ0v) is 14.6. The Morgan fingerprint density at radius 1 is 1.27 bits per heavy atom. The van der Waals surface area contributed by atoms with E-state index in [4.69, 9.17) is 8.83 Å². The van der Waals surface area contributed by atoms with Crippen LogP contribution in [-0.4, -0.2) is 47.8 Å². The number of aromatic nitrogens is 2.